The first kappa shape index (κ1) is 11.2. The van der Waals surface area contributed by atoms with Crippen molar-refractivity contribution >= 4 is 28.6 Å². The molecule has 1 fully saturated rings. The molecule has 0 saturated heterocycles. The van der Waals surface area contributed by atoms with Gasteiger partial charge in [0.05, 0.1) is 5.41 Å². The van der Waals surface area contributed by atoms with Crippen LogP contribution in [-0.2, 0) is 9.53 Å². The van der Waals surface area contributed by atoms with Crippen molar-refractivity contribution in [2.24, 2.45) is 11.1 Å². The zero-order valence-corrected chi connectivity index (χ0v) is 10.0. The summed E-state index contributed by atoms with van der Waals surface area (Å²) in [6.45, 7) is 1.92. The van der Waals surface area contributed by atoms with Gasteiger partial charge >= 0.3 is 5.97 Å². The van der Waals surface area contributed by atoms with E-state index in [4.69, 9.17) is 10.5 Å². The van der Waals surface area contributed by atoms with E-state index in [9.17, 15) is 4.79 Å². The number of alkyl halides is 1. The molecule has 0 aromatic carbocycles. The topological polar surface area (TPSA) is 52.3 Å². The zero-order valence-electron chi connectivity index (χ0n) is 7.88. The molecule has 0 aliphatic heterocycles. The summed E-state index contributed by atoms with van der Waals surface area (Å²) in [7, 11) is 0. The number of halogens is 1. The van der Waals surface area contributed by atoms with E-state index in [0.717, 1.165) is 25.7 Å². The molecule has 3 nitrogen and oxygen atoms in total. The third-order valence-corrected chi connectivity index (χ3v) is 3.24. The summed E-state index contributed by atoms with van der Waals surface area (Å²) in [6.07, 6.45) is 4.02. The summed E-state index contributed by atoms with van der Waals surface area (Å²) in [6, 6.07) is -0.0308. The molecule has 2 atom stereocenters. The maximum atomic E-state index is 11.6. The van der Waals surface area contributed by atoms with Gasteiger partial charge in [-0.15, -0.1) is 0 Å². The van der Waals surface area contributed by atoms with E-state index < -0.39 is 5.41 Å². The number of carbonyl (C=O) groups excluding carboxylic acids is 1. The normalized spacial score (nSPS) is 34.2. The Morgan fingerprint density at radius 3 is 2.92 bits per heavy atom. The van der Waals surface area contributed by atoms with E-state index in [-0.39, 0.29) is 12.0 Å². The minimum Gasteiger partial charge on any atom is -0.455 e. The van der Waals surface area contributed by atoms with Gasteiger partial charge in [-0.25, -0.2) is 0 Å². The summed E-state index contributed by atoms with van der Waals surface area (Å²) in [5.74, 6) is -0.130. The Kier molecular flexibility index (Phi) is 3.97. The van der Waals surface area contributed by atoms with Crippen LogP contribution in [0.1, 0.15) is 32.6 Å². The predicted octanol–water partition coefficient (Wildman–Crippen LogP) is 1.83. The van der Waals surface area contributed by atoms with Crippen molar-refractivity contribution < 1.29 is 9.53 Å². The second kappa shape index (κ2) is 4.59. The van der Waals surface area contributed by atoms with E-state index in [1.54, 1.807) is 0 Å². The fraction of sp³-hybridized carbons (Fsp3) is 0.889. The average molecular weight is 297 g/mol. The van der Waals surface area contributed by atoms with Crippen molar-refractivity contribution in [3.63, 3.8) is 0 Å². The molecule has 0 radical (unpaired) electrons. The molecule has 0 heterocycles. The summed E-state index contributed by atoms with van der Waals surface area (Å²) >= 11 is 2.03. The molecule has 4 heteroatoms. The summed E-state index contributed by atoms with van der Waals surface area (Å²) in [5.41, 5.74) is 5.50. The lowest BCUT2D eigenvalue weighted by Crippen LogP contribution is -2.48. The Labute approximate surface area is 92.5 Å². The first-order valence-corrected chi connectivity index (χ1v) is 6.12. The molecule has 0 amide bonds. The van der Waals surface area contributed by atoms with Gasteiger partial charge in [0.2, 0.25) is 0 Å². The van der Waals surface area contributed by atoms with Crippen LogP contribution < -0.4 is 5.73 Å². The van der Waals surface area contributed by atoms with E-state index in [1.807, 2.05) is 29.5 Å². The molecule has 0 unspecified atom stereocenters. The molecule has 0 aromatic rings. The van der Waals surface area contributed by atoms with Crippen LogP contribution in [0.15, 0.2) is 0 Å². The van der Waals surface area contributed by atoms with Gasteiger partial charge in [0.25, 0.3) is 0 Å². The molecule has 13 heavy (non-hydrogen) atoms. The third kappa shape index (κ3) is 2.34. The Bertz CT molecular complexity index is 198. The molecule has 1 rings (SSSR count). The van der Waals surface area contributed by atoms with Crippen LogP contribution in [-0.4, -0.2) is 16.6 Å². The molecule has 1 aliphatic rings. The van der Waals surface area contributed by atoms with Gasteiger partial charge in [-0.05, 0) is 42.4 Å². The van der Waals surface area contributed by atoms with E-state index in [1.165, 1.54) is 0 Å². The lowest BCUT2D eigenvalue weighted by molar-refractivity contribution is -0.155. The van der Waals surface area contributed by atoms with Crippen LogP contribution in [0, 0.1) is 5.41 Å². The Hall–Kier alpha value is 0.160. The standard InChI is InChI=1S/C9H16INO2/c1-9(8(12)13-6-10)5-3-2-4-7(9)11/h7H,2-6,11H2,1H3/t7-,9-/m1/s1. The average Bonchev–Trinajstić information content (AvgIpc) is 2.11. The maximum absolute atomic E-state index is 11.6. The largest absolute Gasteiger partial charge is 0.455 e. The zero-order chi connectivity index (χ0) is 9.90. The number of hydrogen-bond acceptors (Lipinski definition) is 3. The molecule has 1 saturated carbocycles. The van der Waals surface area contributed by atoms with Crippen LogP contribution >= 0.6 is 22.6 Å². The molecule has 0 bridgehead atoms. The minimum atomic E-state index is -0.441. The molecule has 0 aromatic heterocycles. The fourth-order valence-electron chi connectivity index (χ4n) is 1.83. The number of hydrogen-bond donors (Lipinski definition) is 1. The van der Waals surface area contributed by atoms with Crippen LogP contribution in [0.25, 0.3) is 0 Å². The highest BCUT2D eigenvalue weighted by molar-refractivity contribution is 14.1. The van der Waals surface area contributed by atoms with Crippen LogP contribution in [0.4, 0.5) is 0 Å². The van der Waals surface area contributed by atoms with Gasteiger partial charge in [-0.2, -0.15) is 0 Å². The number of nitrogens with two attached hydrogens (primary N) is 1. The van der Waals surface area contributed by atoms with Crippen molar-refractivity contribution in [3.05, 3.63) is 0 Å². The first-order valence-electron chi connectivity index (χ1n) is 4.60. The van der Waals surface area contributed by atoms with Crippen molar-refractivity contribution in [2.75, 3.05) is 4.61 Å². The number of rotatable bonds is 2. The molecule has 2 N–H and O–H groups in total. The van der Waals surface area contributed by atoms with Crippen LogP contribution in [0.3, 0.4) is 0 Å². The second-order valence-electron chi connectivity index (χ2n) is 3.81. The maximum Gasteiger partial charge on any atom is 0.314 e. The Morgan fingerprint density at radius 2 is 2.38 bits per heavy atom. The van der Waals surface area contributed by atoms with E-state index in [2.05, 4.69) is 0 Å². The molecular formula is C9H16INO2. The summed E-state index contributed by atoms with van der Waals surface area (Å²) in [5, 5.41) is 0. The van der Waals surface area contributed by atoms with Gasteiger partial charge in [0, 0.05) is 6.04 Å². The van der Waals surface area contributed by atoms with Crippen molar-refractivity contribution in [1.29, 1.82) is 0 Å². The molecule has 1 aliphatic carbocycles. The molecule has 76 valence electrons. The molecular weight excluding hydrogens is 281 g/mol. The highest BCUT2D eigenvalue weighted by atomic mass is 127. The van der Waals surface area contributed by atoms with Gasteiger partial charge in [0.1, 0.15) is 4.61 Å². The van der Waals surface area contributed by atoms with Crippen molar-refractivity contribution in [2.45, 2.75) is 38.6 Å². The first-order chi connectivity index (χ1) is 6.11. The highest BCUT2D eigenvalue weighted by Crippen LogP contribution is 2.36. The minimum absolute atomic E-state index is 0.0308. The number of ether oxygens (including phenoxy) is 1. The van der Waals surface area contributed by atoms with Crippen molar-refractivity contribution in [1.82, 2.24) is 0 Å². The number of esters is 1. The number of carbonyl (C=O) groups is 1. The monoisotopic (exact) mass is 297 g/mol. The highest BCUT2D eigenvalue weighted by Gasteiger charge is 2.42. The fourth-order valence-corrected chi connectivity index (χ4v) is 2.11. The van der Waals surface area contributed by atoms with Crippen LogP contribution in [0.5, 0.6) is 0 Å². The summed E-state index contributed by atoms with van der Waals surface area (Å²) in [4.78, 5) is 11.6. The van der Waals surface area contributed by atoms with E-state index >= 15 is 0 Å². The lowest BCUT2D eigenvalue weighted by Gasteiger charge is -2.36. The Morgan fingerprint density at radius 1 is 1.69 bits per heavy atom. The Balaban J connectivity index is 2.65. The lowest BCUT2D eigenvalue weighted by atomic mass is 9.72. The SMILES string of the molecule is C[C@@]1(C(=O)OCI)CCCC[C@H]1N. The van der Waals surface area contributed by atoms with Gasteiger partial charge in [0.15, 0.2) is 0 Å². The predicted molar refractivity (Wildman–Crippen MR) is 59.5 cm³/mol. The smallest absolute Gasteiger partial charge is 0.314 e. The summed E-state index contributed by atoms with van der Waals surface area (Å²) < 4.78 is 5.44. The van der Waals surface area contributed by atoms with E-state index in [0.29, 0.717) is 4.61 Å². The van der Waals surface area contributed by atoms with Crippen LogP contribution in [0.2, 0.25) is 0 Å². The van der Waals surface area contributed by atoms with Crippen molar-refractivity contribution in [3.8, 4) is 0 Å². The van der Waals surface area contributed by atoms with Gasteiger partial charge < -0.3 is 10.5 Å². The molecule has 0 spiro atoms. The van der Waals surface area contributed by atoms with Gasteiger partial charge in [-0.3, -0.25) is 4.79 Å². The third-order valence-electron chi connectivity index (χ3n) is 2.93. The second-order valence-corrected chi connectivity index (χ2v) is 4.43. The van der Waals surface area contributed by atoms with Gasteiger partial charge in [-0.1, -0.05) is 12.8 Å². The quantitative estimate of drug-likeness (QED) is 0.480.